The number of urea groups is 1. The third-order valence-corrected chi connectivity index (χ3v) is 3.82. The van der Waals surface area contributed by atoms with Crippen molar-refractivity contribution in [1.29, 1.82) is 0 Å². The van der Waals surface area contributed by atoms with Gasteiger partial charge in [0.15, 0.2) is 0 Å². The number of amides is 2. The standard InChI is InChI=1S/C17H29N5O/c1-16(2,3)13-17(4,5)20-15(23)22-11-9-21(10-12-22)14-18-7-6-8-19-14/h6-8H,9-13H2,1-5H3,(H,20,23). The summed E-state index contributed by atoms with van der Waals surface area (Å²) < 4.78 is 0. The van der Waals surface area contributed by atoms with Crippen molar-refractivity contribution in [3.63, 3.8) is 0 Å². The number of aromatic nitrogens is 2. The maximum absolute atomic E-state index is 12.5. The molecule has 1 aliphatic heterocycles. The number of piperazine rings is 1. The van der Waals surface area contributed by atoms with Gasteiger partial charge in [-0.15, -0.1) is 0 Å². The molecule has 0 spiro atoms. The number of carbonyl (C=O) groups is 1. The molecule has 0 radical (unpaired) electrons. The average molecular weight is 319 g/mol. The summed E-state index contributed by atoms with van der Waals surface area (Å²) in [5, 5.41) is 3.17. The van der Waals surface area contributed by atoms with Gasteiger partial charge in [0.2, 0.25) is 5.95 Å². The number of anilines is 1. The van der Waals surface area contributed by atoms with E-state index in [0.717, 1.165) is 25.5 Å². The van der Waals surface area contributed by atoms with Gasteiger partial charge in [0.1, 0.15) is 0 Å². The van der Waals surface area contributed by atoms with Crippen LogP contribution in [-0.2, 0) is 0 Å². The van der Waals surface area contributed by atoms with Gasteiger partial charge >= 0.3 is 6.03 Å². The Hall–Kier alpha value is -1.85. The second kappa shape index (κ2) is 6.72. The summed E-state index contributed by atoms with van der Waals surface area (Å²) in [5.41, 5.74) is -0.0326. The lowest BCUT2D eigenvalue weighted by molar-refractivity contribution is 0.171. The van der Waals surface area contributed by atoms with E-state index in [9.17, 15) is 4.79 Å². The number of nitrogens with one attached hydrogen (secondary N) is 1. The average Bonchev–Trinajstić information content (AvgIpc) is 2.45. The van der Waals surface area contributed by atoms with Crippen LogP contribution in [0, 0.1) is 5.41 Å². The first-order chi connectivity index (χ1) is 10.7. The molecule has 0 aliphatic carbocycles. The summed E-state index contributed by atoms with van der Waals surface area (Å²) in [5.74, 6) is 0.737. The first kappa shape index (κ1) is 17.5. The zero-order chi connectivity index (χ0) is 17.1. The fourth-order valence-corrected chi connectivity index (χ4v) is 3.30. The second-order valence-corrected chi connectivity index (χ2v) is 8.07. The molecule has 2 amide bonds. The first-order valence-corrected chi connectivity index (χ1v) is 8.25. The Bertz CT molecular complexity index is 516. The van der Waals surface area contributed by atoms with Crippen molar-refractivity contribution in [3.8, 4) is 0 Å². The van der Waals surface area contributed by atoms with Crippen LogP contribution in [0.2, 0.25) is 0 Å². The predicted molar refractivity (Wildman–Crippen MR) is 92.5 cm³/mol. The lowest BCUT2D eigenvalue weighted by Crippen LogP contribution is -2.56. The van der Waals surface area contributed by atoms with E-state index >= 15 is 0 Å². The highest BCUT2D eigenvalue weighted by Crippen LogP contribution is 2.27. The van der Waals surface area contributed by atoms with E-state index in [-0.39, 0.29) is 17.0 Å². The molecule has 2 heterocycles. The van der Waals surface area contributed by atoms with E-state index in [1.165, 1.54) is 0 Å². The Labute approximate surface area is 139 Å². The van der Waals surface area contributed by atoms with Crippen molar-refractivity contribution in [3.05, 3.63) is 18.5 Å². The van der Waals surface area contributed by atoms with Crippen LogP contribution >= 0.6 is 0 Å². The minimum atomic E-state index is -0.213. The quantitative estimate of drug-likeness (QED) is 0.930. The summed E-state index contributed by atoms with van der Waals surface area (Å²) >= 11 is 0. The predicted octanol–water partition coefficient (Wildman–Crippen LogP) is 2.52. The molecule has 1 aromatic rings. The minimum Gasteiger partial charge on any atom is -0.337 e. The van der Waals surface area contributed by atoms with E-state index in [0.29, 0.717) is 13.1 Å². The maximum Gasteiger partial charge on any atom is 0.317 e. The maximum atomic E-state index is 12.5. The number of hydrogen-bond acceptors (Lipinski definition) is 4. The van der Waals surface area contributed by atoms with Crippen molar-refractivity contribution in [1.82, 2.24) is 20.2 Å². The second-order valence-electron chi connectivity index (χ2n) is 8.07. The fraction of sp³-hybridized carbons (Fsp3) is 0.706. The molecule has 0 unspecified atom stereocenters. The molecule has 2 rings (SSSR count). The molecule has 1 fully saturated rings. The Morgan fingerprint density at radius 3 is 2.17 bits per heavy atom. The van der Waals surface area contributed by atoms with Gasteiger partial charge in [-0.1, -0.05) is 20.8 Å². The van der Waals surface area contributed by atoms with E-state index in [4.69, 9.17) is 0 Å². The van der Waals surface area contributed by atoms with Crippen LogP contribution in [0.4, 0.5) is 10.7 Å². The lowest BCUT2D eigenvalue weighted by atomic mass is 9.82. The molecular formula is C17H29N5O. The molecule has 0 saturated carbocycles. The highest BCUT2D eigenvalue weighted by Gasteiger charge is 2.30. The number of rotatable bonds is 3. The van der Waals surface area contributed by atoms with E-state index in [1.54, 1.807) is 12.4 Å². The minimum absolute atomic E-state index is 0.0212. The molecule has 6 nitrogen and oxygen atoms in total. The van der Waals surface area contributed by atoms with Crippen LogP contribution in [0.15, 0.2) is 18.5 Å². The van der Waals surface area contributed by atoms with Crippen LogP contribution in [0.5, 0.6) is 0 Å². The van der Waals surface area contributed by atoms with Crippen LogP contribution in [0.3, 0.4) is 0 Å². The summed E-state index contributed by atoms with van der Waals surface area (Å²) in [6.07, 6.45) is 4.43. The Balaban J connectivity index is 1.86. The Morgan fingerprint density at radius 2 is 1.65 bits per heavy atom. The number of hydrogen-bond donors (Lipinski definition) is 1. The highest BCUT2D eigenvalue weighted by molar-refractivity contribution is 5.75. The molecule has 0 atom stereocenters. The van der Waals surface area contributed by atoms with Gasteiger partial charge in [0.05, 0.1) is 0 Å². The van der Waals surface area contributed by atoms with Crippen molar-refractivity contribution in [2.45, 2.75) is 46.6 Å². The summed E-state index contributed by atoms with van der Waals surface area (Å²) in [7, 11) is 0. The zero-order valence-corrected chi connectivity index (χ0v) is 15.0. The van der Waals surface area contributed by atoms with Crippen molar-refractivity contribution >= 4 is 12.0 Å². The Kier molecular flexibility index (Phi) is 5.12. The van der Waals surface area contributed by atoms with E-state index < -0.39 is 0 Å². The molecule has 0 bridgehead atoms. The molecule has 23 heavy (non-hydrogen) atoms. The zero-order valence-electron chi connectivity index (χ0n) is 15.0. The van der Waals surface area contributed by atoms with Crippen LogP contribution in [-0.4, -0.2) is 52.6 Å². The van der Waals surface area contributed by atoms with Crippen molar-refractivity contribution < 1.29 is 4.79 Å². The third-order valence-electron chi connectivity index (χ3n) is 3.82. The monoisotopic (exact) mass is 319 g/mol. The molecule has 6 heteroatoms. The molecular weight excluding hydrogens is 290 g/mol. The SMILES string of the molecule is CC(C)(C)CC(C)(C)NC(=O)N1CCN(c2ncccn2)CC1. The summed E-state index contributed by atoms with van der Waals surface area (Å²) in [6.45, 7) is 13.7. The van der Waals surface area contributed by atoms with Gasteiger partial charge in [0.25, 0.3) is 0 Å². The molecule has 1 saturated heterocycles. The third kappa shape index (κ3) is 5.37. The highest BCUT2D eigenvalue weighted by atomic mass is 16.2. The fourth-order valence-electron chi connectivity index (χ4n) is 3.30. The van der Waals surface area contributed by atoms with Gasteiger partial charge in [-0.25, -0.2) is 14.8 Å². The largest absolute Gasteiger partial charge is 0.337 e. The molecule has 1 N–H and O–H groups in total. The van der Waals surface area contributed by atoms with Crippen molar-refractivity contribution in [2.75, 3.05) is 31.1 Å². The smallest absolute Gasteiger partial charge is 0.317 e. The summed E-state index contributed by atoms with van der Waals surface area (Å²) in [6, 6.07) is 1.83. The van der Waals surface area contributed by atoms with Crippen LogP contribution in [0.25, 0.3) is 0 Å². The lowest BCUT2D eigenvalue weighted by Gasteiger charge is -2.38. The van der Waals surface area contributed by atoms with Crippen molar-refractivity contribution in [2.24, 2.45) is 5.41 Å². The normalized spacial score (nSPS) is 16.4. The van der Waals surface area contributed by atoms with Gasteiger partial charge < -0.3 is 15.1 Å². The van der Waals surface area contributed by atoms with E-state index in [1.807, 2.05) is 11.0 Å². The van der Waals surface area contributed by atoms with Crippen LogP contribution < -0.4 is 10.2 Å². The molecule has 0 aromatic carbocycles. The van der Waals surface area contributed by atoms with Gasteiger partial charge in [-0.2, -0.15) is 0 Å². The van der Waals surface area contributed by atoms with Gasteiger partial charge in [-0.3, -0.25) is 0 Å². The molecule has 1 aromatic heterocycles. The van der Waals surface area contributed by atoms with Gasteiger partial charge in [0, 0.05) is 44.1 Å². The first-order valence-electron chi connectivity index (χ1n) is 8.25. The number of carbonyl (C=O) groups excluding carboxylic acids is 1. The summed E-state index contributed by atoms with van der Waals surface area (Å²) in [4.78, 5) is 25.0. The molecule has 128 valence electrons. The number of nitrogens with zero attached hydrogens (tertiary/aromatic N) is 4. The van der Waals surface area contributed by atoms with Crippen LogP contribution in [0.1, 0.15) is 41.0 Å². The topological polar surface area (TPSA) is 61.4 Å². The molecule has 1 aliphatic rings. The van der Waals surface area contributed by atoms with E-state index in [2.05, 4.69) is 54.8 Å². The van der Waals surface area contributed by atoms with Gasteiger partial charge in [-0.05, 0) is 31.7 Å². The Morgan fingerprint density at radius 1 is 1.09 bits per heavy atom.